The summed E-state index contributed by atoms with van der Waals surface area (Å²) in [7, 11) is 2.09. The Bertz CT molecular complexity index is 465. The Kier molecular flexibility index (Phi) is 4.31. The van der Waals surface area contributed by atoms with Gasteiger partial charge in [-0.1, -0.05) is 50.3 Å². The molecular formula is C21H34N-. The van der Waals surface area contributed by atoms with Gasteiger partial charge in [0.1, 0.15) is 0 Å². The van der Waals surface area contributed by atoms with Gasteiger partial charge in [0.15, 0.2) is 0 Å². The van der Waals surface area contributed by atoms with Crippen molar-refractivity contribution in [3.05, 3.63) is 29.6 Å². The molecule has 0 heterocycles. The fraction of sp³-hybridized carbons (Fsp3) is 0.810. The standard InChI is InChI=1S/C21H34N/c1-13(2)11-17-12-15(4)18-8-7-16(5)21(22-6)10-9-14(3)19(17)20(18)21/h15-20H,1,3,7-12H2,2,4-6H3/q-1. The topological polar surface area (TPSA) is 14.1 Å². The average Bonchev–Trinajstić information content (AvgIpc) is 2.46. The van der Waals surface area contributed by atoms with Gasteiger partial charge in [-0.15, -0.1) is 12.1 Å². The van der Waals surface area contributed by atoms with Crippen LogP contribution in [-0.2, 0) is 0 Å². The quantitative estimate of drug-likeness (QED) is 0.569. The van der Waals surface area contributed by atoms with Crippen molar-refractivity contribution in [3.8, 4) is 0 Å². The summed E-state index contributed by atoms with van der Waals surface area (Å²) in [5.74, 6) is 4.64. The van der Waals surface area contributed by atoms with Gasteiger partial charge in [0.2, 0.25) is 0 Å². The van der Waals surface area contributed by atoms with Crippen molar-refractivity contribution in [1.82, 2.24) is 0 Å². The summed E-state index contributed by atoms with van der Waals surface area (Å²) in [6.45, 7) is 15.9. The summed E-state index contributed by atoms with van der Waals surface area (Å²) in [6, 6.07) is 0. The van der Waals surface area contributed by atoms with Gasteiger partial charge in [0, 0.05) is 0 Å². The fourth-order valence-corrected chi connectivity index (χ4v) is 6.55. The van der Waals surface area contributed by atoms with Crippen LogP contribution < -0.4 is 0 Å². The molecule has 1 heteroatoms. The maximum absolute atomic E-state index is 5.08. The SMILES string of the molecule is C=C(C)CC1CC(C)C2CCC(C)C3([N-]C)CCC(=C)C1C23. The molecule has 0 saturated heterocycles. The lowest BCUT2D eigenvalue weighted by Gasteiger charge is -2.69. The van der Waals surface area contributed by atoms with E-state index in [2.05, 4.69) is 41.0 Å². The molecule has 0 aromatic rings. The zero-order valence-electron chi connectivity index (χ0n) is 15.1. The summed E-state index contributed by atoms with van der Waals surface area (Å²) < 4.78 is 0. The van der Waals surface area contributed by atoms with E-state index in [1.807, 2.05) is 0 Å². The van der Waals surface area contributed by atoms with E-state index >= 15 is 0 Å². The Morgan fingerprint density at radius 3 is 2.68 bits per heavy atom. The minimum atomic E-state index is 0.233. The number of hydrogen-bond donors (Lipinski definition) is 0. The molecule has 7 unspecified atom stereocenters. The molecule has 0 aromatic carbocycles. The summed E-state index contributed by atoms with van der Waals surface area (Å²) in [5.41, 5.74) is 3.11. The van der Waals surface area contributed by atoms with E-state index in [0.717, 1.165) is 29.6 Å². The van der Waals surface area contributed by atoms with Crippen molar-refractivity contribution in [1.29, 1.82) is 0 Å². The summed E-state index contributed by atoms with van der Waals surface area (Å²) in [6.07, 6.45) is 7.77. The number of allylic oxidation sites excluding steroid dienone is 2. The number of rotatable bonds is 3. The second kappa shape index (κ2) is 5.82. The van der Waals surface area contributed by atoms with E-state index in [4.69, 9.17) is 5.32 Å². The summed E-state index contributed by atoms with van der Waals surface area (Å²) in [5, 5.41) is 5.08. The summed E-state index contributed by atoms with van der Waals surface area (Å²) in [4.78, 5) is 0. The largest absolute Gasteiger partial charge is 0.659 e. The van der Waals surface area contributed by atoms with Crippen LogP contribution in [0.1, 0.15) is 59.3 Å². The van der Waals surface area contributed by atoms with Gasteiger partial charge in [0.25, 0.3) is 0 Å². The molecule has 0 spiro atoms. The third-order valence-corrected chi connectivity index (χ3v) is 7.47. The highest BCUT2D eigenvalue weighted by Gasteiger charge is 2.54. The van der Waals surface area contributed by atoms with E-state index in [0.29, 0.717) is 5.92 Å². The second-order valence-corrected chi connectivity index (χ2v) is 8.70. The molecule has 7 atom stereocenters. The van der Waals surface area contributed by atoms with Crippen LogP contribution in [0.3, 0.4) is 0 Å². The molecule has 3 saturated carbocycles. The highest BCUT2D eigenvalue weighted by molar-refractivity contribution is 5.27. The van der Waals surface area contributed by atoms with Crippen molar-refractivity contribution in [2.75, 3.05) is 7.05 Å². The Labute approximate surface area is 137 Å². The van der Waals surface area contributed by atoms with Crippen LogP contribution in [0.2, 0.25) is 0 Å². The van der Waals surface area contributed by atoms with Gasteiger partial charge in [-0.25, -0.2) is 0 Å². The van der Waals surface area contributed by atoms with Crippen LogP contribution in [0.4, 0.5) is 0 Å². The van der Waals surface area contributed by atoms with Crippen LogP contribution in [-0.4, -0.2) is 12.6 Å². The van der Waals surface area contributed by atoms with Crippen LogP contribution in [0.15, 0.2) is 24.3 Å². The summed E-state index contributed by atoms with van der Waals surface area (Å²) >= 11 is 0. The molecule has 3 rings (SSSR count). The Hall–Kier alpha value is -0.560. The lowest BCUT2D eigenvalue weighted by molar-refractivity contribution is -0.0524. The molecule has 3 aliphatic carbocycles. The monoisotopic (exact) mass is 300 g/mol. The minimum Gasteiger partial charge on any atom is -0.659 e. The van der Waals surface area contributed by atoms with Crippen molar-refractivity contribution >= 4 is 0 Å². The average molecular weight is 301 g/mol. The van der Waals surface area contributed by atoms with Crippen molar-refractivity contribution < 1.29 is 0 Å². The van der Waals surface area contributed by atoms with Gasteiger partial charge < -0.3 is 5.32 Å². The fourth-order valence-electron chi connectivity index (χ4n) is 6.55. The zero-order valence-corrected chi connectivity index (χ0v) is 15.1. The first-order valence-electron chi connectivity index (χ1n) is 9.33. The minimum absolute atomic E-state index is 0.233. The van der Waals surface area contributed by atoms with E-state index in [9.17, 15) is 0 Å². The molecule has 1 nitrogen and oxygen atoms in total. The van der Waals surface area contributed by atoms with E-state index < -0.39 is 0 Å². The lowest BCUT2D eigenvalue weighted by atomic mass is 9.45. The molecule has 3 fully saturated rings. The van der Waals surface area contributed by atoms with Gasteiger partial charge in [0.05, 0.1) is 0 Å². The molecule has 124 valence electrons. The predicted octanol–water partition coefficient (Wildman–Crippen LogP) is 5.98. The Morgan fingerprint density at radius 2 is 2.05 bits per heavy atom. The Morgan fingerprint density at radius 1 is 1.32 bits per heavy atom. The Balaban J connectivity index is 2.02. The molecule has 0 bridgehead atoms. The third kappa shape index (κ3) is 2.31. The van der Waals surface area contributed by atoms with Crippen molar-refractivity contribution in [2.24, 2.45) is 35.5 Å². The van der Waals surface area contributed by atoms with Crippen LogP contribution in [0.5, 0.6) is 0 Å². The maximum Gasteiger partial charge on any atom is -0.0155 e. The predicted molar refractivity (Wildman–Crippen MR) is 96.0 cm³/mol. The lowest BCUT2D eigenvalue weighted by Crippen LogP contribution is -2.60. The molecule has 0 aromatic heterocycles. The van der Waals surface area contributed by atoms with E-state index in [-0.39, 0.29) is 5.54 Å². The molecular weight excluding hydrogens is 266 g/mol. The van der Waals surface area contributed by atoms with Gasteiger partial charge in [-0.05, 0) is 62.2 Å². The first kappa shape index (κ1) is 16.3. The maximum atomic E-state index is 5.08. The van der Waals surface area contributed by atoms with Crippen LogP contribution >= 0.6 is 0 Å². The smallest absolute Gasteiger partial charge is 0.0155 e. The molecule has 0 amide bonds. The number of hydrogen-bond acceptors (Lipinski definition) is 0. The van der Waals surface area contributed by atoms with E-state index in [1.54, 1.807) is 0 Å². The van der Waals surface area contributed by atoms with Crippen LogP contribution in [0.25, 0.3) is 5.32 Å². The molecule has 0 aliphatic heterocycles. The van der Waals surface area contributed by atoms with Gasteiger partial charge >= 0.3 is 0 Å². The van der Waals surface area contributed by atoms with E-state index in [1.165, 1.54) is 49.7 Å². The van der Waals surface area contributed by atoms with Crippen molar-refractivity contribution in [2.45, 2.75) is 64.8 Å². The molecule has 0 N–H and O–H groups in total. The normalized spacial score (nSPS) is 47.9. The first-order chi connectivity index (χ1) is 10.4. The highest BCUT2D eigenvalue weighted by atomic mass is 15.0. The second-order valence-electron chi connectivity index (χ2n) is 8.70. The van der Waals surface area contributed by atoms with Gasteiger partial charge in [-0.2, -0.15) is 7.05 Å². The highest BCUT2D eigenvalue weighted by Crippen LogP contribution is 2.63. The molecule has 22 heavy (non-hydrogen) atoms. The molecule has 0 radical (unpaired) electrons. The zero-order chi connectivity index (χ0) is 16.1. The van der Waals surface area contributed by atoms with Gasteiger partial charge in [-0.3, -0.25) is 0 Å². The molecule has 3 aliphatic rings. The first-order valence-corrected chi connectivity index (χ1v) is 9.33. The van der Waals surface area contributed by atoms with Crippen molar-refractivity contribution in [3.63, 3.8) is 0 Å². The van der Waals surface area contributed by atoms with Crippen LogP contribution in [0, 0.1) is 35.5 Å². The third-order valence-electron chi connectivity index (χ3n) is 7.47. The number of nitrogens with zero attached hydrogens (tertiary/aromatic N) is 1.